The molecule has 116 valence electrons. The number of nitrogens with one attached hydrogen (secondary N) is 1. The summed E-state index contributed by atoms with van der Waals surface area (Å²) in [6.45, 7) is 6.05. The molecule has 0 radical (unpaired) electrons. The van der Waals surface area contributed by atoms with E-state index in [1.807, 2.05) is 6.92 Å². The summed E-state index contributed by atoms with van der Waals surface area (Å²) in [7, 11) is 0. The van der Waals surface area contributed by atoms with Crippen molar-refractivity contribution in [2.45, 2.75) is 32.7 Å². The van der Waals surface area contributed by atoms with E-state index in [0.29, 0.717) is 23.8 Å². The SMILES string of the molecule is CCN(CCC(=O)Nc1ccccc1Cl)C(C)(C)C(=O)O. The lowest BCUT2D eigenvalue weighted by atomic mass is 10.0. The first-order valence-corrected chi connectivity index (χ1v) is 7.19. The largest absolute Gasteiger partial charge is 0.480 e. The summed E-state index contributed by atoms with van der Waals surface area (Å²) in [6, 6.07) is 6.99. The van der Waals surface area contributed by atoms with Gasteiger partial charge in [-0.2, -0.15) is 0 Å². The number of hydrogen-bond acceptors (Lipinski definition) is 3. The number of hydrogen-bond donors (Lipinski definition) is 2. The number of carbonyl (C=O) groups is 2. The number of carbonyl (C=O) groups excluding carboxylic acids is 1. The van der Waals surface area contributed by atoms with Crippen LogP contribution in [-0.4, -0.2) is 40.5 Å². The molecule has 1 aromatic rings. The number of para-hydroxylation sites is 1. The smallest absolute Gasteiger partial charge is 0.323 e. The molecule has 0 aliphatic carbocycles. The average molecular weight is 313 g/mol. The maximum atomic E-state index is 11.9. The van der Waals surface area contributed by atoms with Gasteiger partial charge >= 0.3 is 5.97 Å². The first-order valence-electron chi connectivity index (χ1n) is 6.81. The second kappa shape index (κ2) is 7.43. The van der Waals surface area contributed by atoms with E-state index in [1.165, 1.54) is 0 Å². The standard InChI is InChI=1S/C15H21ClN2O3/c1-4-18(15(2,3)14(20)21)10-9-13(19)17-12-8-6-5-7-11(12)16/h5-8H,4,9-10H2,1-3H3,(H,17,19)(H,20,21). The van der Waals surface area contributed by atoms with Crippen molar-refractivity contribution in [2.75, 3.05) is 18.4 Å². The molecule has 0 saturated carbocycles. The highest BCUT2D eigenvalue weighted by Gasteiger charge is 2.33. The Morgan fingerprint density at radius 1 is 1.33 bits per heavy atom. The monoisotopic (exact) mass is 312 g/mol. The van der Waals surface area contributed by atoms with Crippen LogP contribution in [0.2, 0.25) is 5.02 Å². The van der Waals surface area contributed by atoms with Crippen molar-refractivity contribution in [3.63, 3.8) is 0 Å². The van der Waals surface area contributed by atoms with Gasteiger partial charge in [0.25, 0.3) is 0 Å². The van der Waals surface area contributed by atoms with E-state index in [9.17, 15) is 14.7 Å². The number of carboxylic acid groups (broad SMARTS) is 1. The zero-order valence-electron chi connectivity index (χ0n) is 12.5. The van der Waals surface area contributed by atoms with Crippen LogP contribution in [0.1, 0.15) is 27.2 Å². The van der Waals surface area contributed by atoms with Gasteiger partial charge in [-0.15, -0.1) is 0 Å². The topological polar surface area (TPSA) is 69.6 Å². The molecule has 0 atom stereocenters. The Hall–Kier alpha value is -1.59. The molecule has 0 heterocycles. The van der Waals surface area contributed by atoms with Crippen molar-refractivity contribution < 1.29 is 14.7 Å². The summed E-state index contributed by atoms with van der Waals surface area (Å²) >= 11 is 5.97. The number of carboxylic acids is 1. The first kappa shape index (κ1) is 17.5. The van der Waals surface area contributed by atoms with E-state index < -0.39 is 11.5 Å². The molecule has 6 heteroatoms. The zero-order valence-corrected chi connectivity index (χ0v) is 13.3. The number of nitrogens with zero attached hydrogens (tertiary/aromatic N) is 1. The predicted octanol–water partition coefficient (Wildman–Crippen LogP) is 2.85. The molecule has 0 saturated heterocycles. The van der Waals surface area contributed by atoms with Gasteiger partial charge in [-0.25, -0.2) is 0 Å². The average Bonchev–Trinajstić information content (AvgIpc) is 2.41. The van der Waals surface area contributed by atoms with E-state index >= 15 is 0 Å². The second-order valence-electron chi connectivity index (χ2n) is 5.22. The van der Waals surface area contributed by atoms with Crippen molar-refractivity contribution in [1.82, 2.24) is 4.90 Å². The van der Waals surface area contributed by atoms with Gasteiger partial charge in [-0.3, -0.25) is 14.5 Å². The quantitative estimate of drug-likeness (QED) is 0.812. The molecular formula is C15H21ClN2O3. The summed E-state index contributed by atoms with van der Waals surface area (Å²) in [5.74, 6) is -1.10. The van der Waals surface area contributed by atoms with E-state index in [1.54, 1.807) is 43.0 Å². The maximum Gasteiger partial charge on any atom is 0.323 e. The van der Waals surface area contributed by atoms with Crippen LogP contribution < -0.4 is 5.32 Å². The van der Waals surface area contributed by atoms with Crippen LogP contribution >= 0.6 is 11.6 Å². The number of benzene rings is 1. The van der Waals surface area contributed by atoms with Crippen LogP contribution in [0.3, 0.4) is 0 Å². The van der Waals surface area contributed by atoms with Gasteiger partial charge in [0, 0.05) is 13.0 Å². The number of amides is 1. The van der Waals surface area contributed by atoms with E-state index in [4.69, 9.17) is 11.6 Å². The summed E-state index contributed by atoms with van der Waals surface area (Å²) in [4.78, 5) is 24.9. The van der Waals surface area contributed by atoms with Crippen molar-refractivity contribution in [1.29, 1.82) is 0 Å². The van der Waals surface area contributed by atoms with Gasteiger partial charge in [-0.1, -0.05) is 30.7 Å². The number of rotatable bonds is 7. The minimum atomic E-state index is -1.00. The Balaban J connectivity index is 2.60. The molecule has 0 aliphatic heterocycles. The third kappa shape index (κ3) is 4.72. The molecule has 0 aliphatic rings. The Morgan fingerprint density at radius 2 is 1.95 bits per heavy atom. The molecule has 0 unspecified atom stereocenters. The first-order chi connectivity index (χ1) is 9.78. The Labute approximate surface area is 129 Å². The lowest BCUT2D eigenvalue weighted by molar-refractivity contribution is -0.149. The fourth-order valence-corrected chi connectivity index (χ4v) is 2.16. The number of halogens is 1. The highest BCUT2D eigenvalue weighted by Crippen LogP contribution is 2.21. The molecule has 1 amide bonds. The summed E-state index contributed by atoms with van der Waals surface area (Å²) in [5, 5.41) is 12.4. The number of aliphatic carboxylic acids is 1. The molecule has 0 fully saturated rings. The molecule has 0 spiro atoms. The third-order valence-corrected chi connectivity index (χ3v) is 3.78. The number of likely N-dealkylation sites (N-methyl/N-ethyl adjacent to an activating group) is 1. The molecule has 1 aromatic carbocycles. The molecule has 21 heavy (non-hydrogen) atoms. The number of anilines is 1. The van der Waals surface area contributed by atoms with Gasteiger partial charge in [0.15, 0.2) is 0 Å². The van der Waals surface area contributed by atoms with E-state index in [0.717, 1.165) is 0 Å². The minimum Gasteiger partial charge on any atom is -0.480 e. The molecule has 5 nitrogen and oxygen atoms in total. The van der Waals surface area contributed by atoms with Crippen molar-refractivity contribution in [3.05, 3.63) is 29.3 Å². The van der Waals surface area contributed by atoms with Crippen molar-refractivity contribution >= 4 is 29.2 Å². The van der Waals surface area contributed by atoms with Gasteiger partial charge in [0.2, 0.25) is 5.91 Å². The lowest BCUT2D eigenvalue weighted by Crippen LogP contribution is -2.50. The fraction of sp³-hybridized carbons (Fsp3) is 0.467. The van der Waals surface area contributed by atoms with Crippen molar-refractivity contribution in [2.24, 2.45) is 0 Å². The van der Waals surface area contributed by atoms with Gasteiger partial charge in [-0.05, 0) is 32.5 Å². The third-order valence-electron chi connectivity index (χ3n) is 3.45. The Bertz CT molecular complexity index is 517. The van der Waals surface area contributed by atoms with Crippen LogP contribution in [0.15, 0.2) is 24.3 Å². The second-order valence-corrected chi connectivity index (χ2v) is 5.63. The molecule has 2 N–H and O–H groups in total. The lowest BCUT2D eigenvalue weighted by Gasteiger charge is -2.33. The summed E-state index contributed by atoms with van der Waals surface area (Å²) < 4.78 is 0. The molecule has 1 rings (SSSR count). The van der Waals surface area contributed by atoms with Crippen LogP contribution in [0.4, 0.5) is 5.69 Å². The Morgan fingerprint density at radius 3 is 2.48 bits per heavy atom. The molecule has 0 aromatic heterocycles. The van der Waals surface area contributed by atoms with Crippen LogP contribution in [0.5, 0.6) is 0 Å². The highest BCUT2D eigenvalue weighted by molar-refractivity contribution is 6.33. The normalized spacial score (nSPS) is 11.5. The van der Waals surface area contributed by atoms with E-state index in [2.05, 4.69) is 5.32 Å². The maximum absolute atomic E-state index is 11.9. The van der Waals surface area contributed by atoms with Crippen LogP contribution in [0.25, 0.3) is 0 Å². The fourth-order valence-electron chi connectivity index (χ4n) is 1.98. The highest BCUT2D eigenvalue weighted by atomic mass is 35.5. The van der Waals surface area contributed by atoms with Gasteiger partial charge in [0.1, 0.15) is 5.54 Å². The van der Waals surface area contributed by atoms with Gasteiger partial charge < -0.3 is 10.4 Å². The van der Waals surface area contributed by atoms with Gasteiger partial charge in [0.05, 0.1) is 10.7 Å². The molecular weight excluding hydrogens is 292 g/mol. The molecule has 0 bridgehead atoms. The zero-order chi connectivity index (χ0) is 16.0. The van der Waals surface area contributed by atoms with E-state index in [-0.39, 0.29) is 12.3 Å². The van der Waals surface area contributed by atoms with Crippen molar-refractivity contribution in [3.8, 4) is 0 Å². The Kier molecular flexibility index (Phi) is 6.18. The van der Waals surface area contributed by atoms with Crippen LogP contribution in [0, 0.1) is 0 Å². The summed E-state index contributed by atoms with van der Waals surface area (Å²) in [5.41, 5.74) is -0.441. The summed E-state index contributed by atoms with van der Waals surface area (Å²) in [6.07, 6.45) is 0.204. The predicted molar refractivity (Wildman–Crippen MR) is 83.7 cm³/mol. The van der Waals surface area contributed by atoms with Crippen LogP contribution in [-0.2, 0) is 9.59 Å². The minimum absolute atomic E-state index is 0.192.